The predicted octanol–water partition coefficient (Wildman–Crippen LogP) is 12.6. The molecule has 10 rings (SSSR count). The van der Waals surface area contributed by atoms with Gasteiger partial charge in [0.15, 0.2) is 5.58 Å². The first-order chi connectivity index (χ1) is 21.1. The maximum absolute atomic E-state index is 6.67. The zero-order valence-corrected chi connectivity index (χ0v) is 26.9. The van der Waals surface area contributed by atoms with Crippen molar-refractivity contribution in [3.8, 4) is 11.1 Å². The van der Waals surface area contributed by atoms with Crippen molar-refractivity contribution in [3.63, 3.8) is 0 Å². The molecule has 4 aliphatic rings. The standard InChI is InChI=1S/C39H31Br2NO/c40-29-6-10-31(11-7-29)42(32-12-8-30(41)9-13-32)37-22-26(21-36-34-3-1-2-4-38(34)43-39(36)37)25-5-14-33-27-16-23-15-24(17-27)19-28(18-23)35(33)20-25/h1-14,20-24,27-28H,15-19H2. The van der Waals surface area contributed by atoms with Crippen molar-refractivity contribution < 1.29 is 4.42 Å². The highest BCUT2D eigenvalue weighted by atomic mass is 79.9. The summed E-state index contributed by atoms with van der Waals surface area (Å²) in [6, 6.07) is 37.7. The fourth-order valence-corrected chi connectivity index (χ4v) is 9.12. The summed E-state index contributed by atoms with van der Waals surface area (Å²) in [5.74, 6) is 3.31. The van der Waals surface area contributed by atoms with Gasteiger partial charge in [0, 0.05) is 31.1 Å². The smallest absolute Gasteiger partial charge is 0.159 e. The molecule has 4 heteroatoms. The molecule has 2 nitrogen and oxygen atoms in total. The van der Waals surface area contributed by atoms with Gasteiger partial charge in [-0.3, -0.25) is 0 Å². The van der Waals surface area contributed by atoms with Gasteiger partial charge in [-0.05, 0) is 145 Å². The molecule has 1 heterocycles. The summed E-state index contributed by atoms with van der Waals surface area (Å²) in [4.78, 5) is 2.33. The molecule has 2 atom stereocenters. The van der Waals surface area contributed by atoms with Crippen LogP contribution in [0.3, 0.4) is 0 Å². The van der Waals surface area contributed by atoms with E-state index >= 15 is 0 Å². The minimum absolute atomic E-state index is 0.714. The molecule has 4 bridgehead atoms. The van der Waals surface area contributed by atoms with E-state index in [0.29, 0.717) is 5.92 Å². The molecule has 2 unspecified atom stereocenters. The molecule has 6 aromatic rings. The number of para-hydroxylation sites is 1. The van der Waals surface area contributed by atoms with Crippen molar-refractivity contribution in [2.75, 3.05) is 4.90 Å². The number of fused-ring (bicyclic) bond motifs is 3. The number of benzene rings is 5. The highest BCUT2D eigenvalue weighted by Crippen LogP contribution is 2.56. The van der Waals surface area contributed by atoms with Crippen molar-refractivity contribution in [2.45, 2.75) is 43.9 Å². The first kappa shape index (κ1) is 26.1. The van der Waals surface area contributed by atoms with Crippen molar-refractivity contribution >= 4 is 70.9 Å². The number of hydrogen-bond donors (Lipinski definition) is 0. The number of hydrogen-bond acceptors (Lipinski definition) is 2. The first-order valence-corrected chi connectivity index (χ1v) is 17.1. The van der Waals surface area contributed by atoms with E-state index in [1.54, 1.807) is 11.1 Å². The third kappa shape index (κ3) is 4.40. The lowest BCUT2D eigenvalue weighted by Gasteiger charge is -2.38. The van der Waals surface area contributed by atoms with E-state index in [1.807, 2.05) is 0 Å². The van der Waals surface area contributed by atoms with Gasteiger partial charge in [0.05, 0.1) is 5.69 Å². The summed E-state index contributed by atoms with van der Waals surface area (Å²) in [6.45, 7) is 0. The molecule has 0 saturated heterocycles. The molecule has 5 aromatic carbocycles. The van der Waals surface area contributed by atoms with E-state index in [9.17, 15) is 0 Å². The summed E-state index contributed by atoms with van der Waals surface area (Å²) in [7, 11) is 0. The molecule has 212 valence electrons. The lowest BCUT2D eigenvalue weighted by atomic mass is 9.67. The molecule has 0 aliphatic heterocycles. The maximum atomic E-state index is 6.67. The largest absolute Gasteiger partial charge is 0.454 e. The second-order valence-corrected chi connectivity index (χ2v) is 14.7. The predicted molar refractivity (Wildman–Crippen MR) is 185 cm³/mol. The second-order valence-electron chi connectivity index (χ2n) is 12.9. The molecule has 4 aliphatic carbocycles. The third-order valence-electron chi connectivity index (χ3n) is 10.3. The lowest BCUT2D eigenvalue weighted by molar-refractivity contribution is 0.166. The highest BCUT2D eigenvalue weighted by molar-refractivity contribution is 9.10. The Morgan fingerprint density at radius 3 is 1.86 bits per heavy atom. The van der Waals surface area contributed by atoms with Gasteiger partial charge in [-0.25, -0.2) is 0 Å². The van der Waals surface area contributed by atoms with Gasteiger partial charge in [-0.15, -0.1) is 0 Å². The Labute approximate surface area is 269 Å². The van der Waals surface area contributed by atoms with E-state index in [2.05, 4.69) is 140 Å². The van der Waals surface area contributed by atoms with Crippen molar-refractivity contribution in [3.05, 3.63) is 123 Å². The van der Waals surface area contributed by atoms with Gasteiger partial charge in [0.1, 0.15) is 5.58 Å². The van der Waals surface area contributed by atoms with Crippen molar-refractivity contribution in [2.24, 2.45) is 11.8 Å². The van der Waals surface area contributed by atoms with E-state index in [1.165, 1.54) is 43.2 Å². The van der Waals surface area contributed by atoms with Crippen LogP contribution >= 0.6 is 31.9 Å². The summed E-state index contributed by atoms with van der Waals surface area (Å²) in [6.07, 6.45) is 7.00. The van der Waals surface area contributed by atoms with Gasteiger partial charge >= 0.3 is 0 Å². The summed E-state index contributed by atoms with van der Waals surface area (Å²) in [5, 5.41) is 2.30. The molecule has 0 N–H and O–H groups in total. The normalized spacial score (nSPS) is 22.2. The average molecular weight is 689 g/mol. The monoisotopic (exact) mass is 687 g/mol. The van der Waals surface area contributed by atoms with Gasteiger partial charge in [0.25, 0.3) is 0 Å². The Balaban J connectivity index is 1.28. The van der Waals surface area contributed by atoms with Crippen LogP contribution < -0.4 is 4.90 Å². The number of rotatable bonds is 4. The van der Waals surface area contributed by atoms with Crippen LogP contribution in [0, 0.1) is 11.8 Å². The van der Waals surface area contributed by atoms with Gasteiger partial charge in [-0.2, -0.15) is 0 Å². The number of nitrogens with zero attached hydrogens (tertiary/aromatic N) is 1. The SMILES string of the molecule is Brc1ccc(N(c2ccc(Br)cc2)c2cc(-c3ccc4c(c3)C3CC5CC(CC4C5)C3)cc3c2oc2ccccc23)cc1. The quantitative estimate of drug-likeness (QED) is 0.183. The lowest BCUT2D eigenvalue weighted by Crippen LogP contribution is -2.25. The highest BCUT2D eigenvalue weighted by Gasteiger charge is 2.42. The minimum atomic E-state index is 0.714. The molecule has 2 fully saturated rings. The molecule has 2 saturated carbocycles. The van der Waals surface area contributed by atoms with Crippen LogP contribution in [0.15, 0.2) is 116 Å². The molecule has 1 aromatic heterocycles. The molecular weight excluding hydrogens is 658 g/mol. The summed E-state index contributed by atoms with van der Waals surface area (Å²) >= 11 is 7.28. The van der Waals surface area contributed by atoms with Crippen molar-refractivity contribution in [1.82, 2.24) is 0 Å². The van der Waals surface area contributed by atoms with Crippen LogP contribution in [0.5, 0.6) is 0 Å². The van der Waals surface area contributed by atoms with E-state index < -0.39 is 0 Å². The summed E-state index contributed by atoms with van der Waals surface area (Å²) in [5.41, 5.74) is 10.8. The van der Waals surface area contributed by atoms with Gasteiger partial charge in [-0.1, -0.05) is 68.3 Å². The Morgan fingerprint density at radius 2 is 1.19 bits per heavy atom. The maximum Gasteiger partial charge on any atom is 0.159 e. The first-order valence-electron chi connectivity index (χ1n) is 15.5. The van der Waals surface area contributed by atoms with E-state index in [0.717, 1.165) is 65.7 Å². The topological polar surface area (TPSA) is 16.4 Å². The number of halogens is 2. The summed E-state index contributed by atoms with van der Waals surface area (Å²) < 4.78 is 8.78. The van der Waals surface area contributed by atoms with Gasteiger partial charge < -0.3 is 9.32 Å². The van der Waals surface area contributed by atoms with Crippen LogP contribution in [0.2, 0.25) is 0 Å². The van der Waals surface area contributed by atoms with Crippen LogP contribution in [-0.2, 0) is 0 Å². The fourth-order valence-electron chi connectivity index (χ4n) is 8.59. The molecule has 0 amide bonds. The second kappa shape index (κ2) is 10.1. The number of furan rings is 1. The zero-order chi connectivity index (χ0) is 28.7. The molecular formula is C39H31Br2NO. The zero-order valence-electron chi connectivity index (χ0n) is 23.8. The van der Waals surface area contributed by atoms with Crippen LogP contribution in [0.25, 0.3) is 33.1 Å². The Morgan fingerprint density at radius 1 is 0.558 bits per heavy atom. The average Bonchev–Trinajstić information content (AvgIpc) is 3.32. The number of anilines is 3. The van der Waals surface area contributed by atoms with Crippen LogP contribution in [0.4, 0.5) is 17.1 Å². The van der Waals surface area contributed by atoms with E-state index in [-0.39, 0.29) is 0 Å². The van der Waals surface area contributed by atoms with Crippen LogP contribution in [-0.4, -0.2) is 0 Å². The Kier molecular flexibility index (Phi) is 6.13. The molecule has 0 spiro atoms. The molecule has 0 radical (unpaired) electrons. The molecule has 43 heavy (non-hydrogen) atoms. The minimum Gasteiger partial charge on any atom is -0.454 e. The Bertz CT molecular complexity index is 1950. The van der Waals surface area contributed by atoms with E-state index in [4.69, 9.17) is 4.42 Å². The Hall–Kier alpha value is -3.34. The van der Waals surface area contributed by atoms with Crippen LogP contribution in [0.1, 0.15) is 55.1 Å². The third-order valence-corrected chi connectivity index (χ3v) is 11.4. The van der Waals surface area contributed by atoms with Crippen molar-refractivity contribution in [1.29, 1.82) is 0 Å². The van der Waals surface area contributed by atoms with Gasteiger partial charge in [0.2, 0.25) is 0 Å². The fraction of sp³-hybridized carbons (Fsp3) is 0.231.